The average Bonchev–Trinajstić information content (AvgIpc) is 2.90. The van der Waals surface area contributed by atoms with Gasteiger partial charge in [-0.25, -0.2) is 0 Å². The maximum Gasteiger partial charge on any atom is 0.223 e. The van der Waals surface area contributed by atoms with E-state index in [9.17, 15) is 9.59 Å². The van der Waals surface area contributed by atoms with Crippen molar-refractivity contribution in [1.82, 2.24) is 4.90 Å². The van der Waals surface area contributed by atoms with Gasteiger partial charge in [-0.1, -0.05) is 18.9 Å². The molecule has 24 heavy (non-hydrogen) atoms. The number of ether oxygens (including phenoxy) is 1. The van der Waals surface area contributed by atoms with Crippen molar-refractivity contribution >= 4 is 11.7 Å². The molecule has 1 amide bonds. The summed E-state index contributed by atoms with van der Waals surface area (Å²) in [5, 5.41) is 0. The molecule has 0 radical (unpaired) electrons. The molecule has 1 aromatic carbocycles. The van der Waals surface area contributed by atoms with Crippen LogP contribution in [0.1, 0.15) is 60.0 Å². The van der Waals surface area contributed by atoms with Gasteiger partial charge in [-0.05, 0) is 50.3 Å². The third-order valence-corrected chi connectivity index (χ3v) is 5.15. The molecule has 4 nitrogen and oxygen atoms in total. The molecule has 1 unspecified atom stereocenters. The van der Waals surface area contributed by atoms with E-state index in [1.165, 1.54) is 12.8 Å². The van der Waals surface area contributed by atoms with Crippen molar-refractivity contribution in [3.63, 3.8) is 0 Å². The molecule has 0 saturated carbocycles. The summed E-state index contributed by atoms with van der Waals surface area (Å²) < 4.78 is 5.84. The summed E-state index contributed by atoms with van der Waals surface area (Å²) in [5.41, 5.74) is 2.71. The number of ketones is 1. The summed E-state index contributed by atoms with van der Waals surface area (Å²) >= 11 is 0. The van der Waals surface area contributed by atoms with E-state index in [0.717, 1.165) is 37.1 Å². The Morgan fingerprint density at radius 1 is 1.17 bits per heavy atom. The van der Waals surface area contributed by atoms with Crippen LogP contribution in [0, 0.1) is 19.8 Å². The van der Waals surface area contributed by atoms with Crippen LogP contribution in [0.25, 0.3) is 0 Å². The molecule has 2 aliphatic heterocycles. The number of fused-ring (bicyclic) bond motifs is 1. The predicted octanol–water partition coefficient (Wildman–Crippen LogP) is 3.68. The molecule has 1 aromatic rings. The van der Waals surface area contributed by atoms with Gasteiger partial charge >= 0.3 is 0 Å². The zero-order chi connectivity index (χ0) is 17.1. The van der Waals surface area contributed by atoms with Crippen LogP contribution >= 0.6 is 0 Å². The average molecular weight is 329 g/mol. The maximum atomic E-state index is 13.0. The molecule has 3 rings (SSSR count). The van der Waals surface area contributed by atoms with Crippen molar-refractivity contribution in [1.29, 1.82) is 0 Å². The van der Waals surface area contributed by atoms with E-state index in [1.807, 2.05) is 30.9 Å². The van der Waals surface area contributed by atoms with Crippen LogP contribution in [-0.2, 0) is 4.79 Å². The number of carbonyl (C=O) groups excluding carboxylic acids is 2. The van der Waals surface area contributed by atoms with Gasteiger partial charge in [0.1, 0.15) is 5.75 Å². The van der Waals surface area contributed by atoms with Crippen molar-refractivity contribution < 1.29 is 14.3 Å². The van der Waals surface area contributed by atoms with Gasteiger partial charge in [0, 0.05) is 25.4 Å². The molecule has 2 aliphatic rings. The van der Waals surface area contributed by atoms with Gasteiger partial charge in [0.25, 0.3) is 0 Å². The lowest BCUT2D eigenvalue weighted by Gasteiger charge is -2.22. The largest absolute Gasteiger partial charge is 0.493 e. The second-order valence-corrected chi connectivity index (χ2v) is 7.16. The Morgan fingerprint density at radius 2 is 1.88 bits per heavy atom. The lowest BCUT2D eigenvalue weighted by atomic mass is 9.90. The summed E-state index contributed by atoms with van der Waals surface area (Å²) in [6, 6.07) is 3.94. The molecule has 0 spiro atoms. The Kier molecular flexibility index (Phi) is 5.22. The normalized spacial score (nSPS) is 21.5. The van der Waals surface area contributed by atoms with E-state index in [2.05, 4.69) is 0 Å². The Balaban J connectivity index is 1.76. The number of amides is 1. The van der Waals surface area contributed by atoms with Crippen LogP contribution in [0.3, 0.4) is 0 Å². The maximum absolute atomic E-state index is 13.0. The summed E-state index contributed by atoms with van der Waals surface area (Å²) in [4.78, 5) is 27.6. The van der Waals surface area contributed by atoms with Crippen LogP contribution in [0.15, 0.2) is 12.1 Å². The molecular formula is C20H27NO3. The predicted molar refractivity (Wildman–Crippen MR) is 93.5 cm³/mol. The van der Waals surface area contributed by atoms with E-state index < -0.39 is 0 Å². The minimum atomic E-state index is -0.261. The molecular weight excluding hydrogens is 302 g/mol. The molecule has 4 heteroatoms. The first-order valence-electron chi connectivity index (χ1n) is 9.12. The number of carbonyl (C=O) groups is 2. The van der Waals surface area contributed by atoms with Gasteiger partial charge in [0.15, 0.2) is 5.78 Å². The molecule has 0 aromatic heterocycles. The van der Waals surface area contributed by atoms with Crippen molar-refractivity contribution in [3.05, 3.63) is 28.8 Å². The van der Waals surface area contributed by atoms with E-state index in [-0.39, 0.29) is 17.6 Å². The number of benzene rings is 1. The van der Waals surface area contributed by atoms with Crippen molar-refractivity contribution in [3.8, 4) is 5.75 Å². The lowest BCUT2D eigenvalue weighted by molar-refractivity contribution is -0.131. The van der Waals surface area contributed by atoms with Crippen LogP contribution in [0.5, 0.6) is 5.75 Å². The zero-order valence-corrected chi connectivity index (χ0v) is 14.8. The van der Waals surface area contributed by atoms with Crippen molar-refractivity contribution in [2.45, 2.75) is 52.4 Å². The highest BCUT2D eigenvalue weighted by atomic mass is 16.5. The topological polar surface area (TPSA) is 46.6 Å². The number of hydrogen-bond donors (Lipinski definition) is 0. The SMILES string of the molecule is Cc1cc(C)c2c(c1)C(=O)C(CC(=O)N1CCCCCC1)CCO2. The number of Topliss-reactive ketones (excluding diaryl/α,β-unsaturated/α-hetero) is 1. The molecule has 0 aliphatic carbocycles. The van der Waals surface area contributed by atoms with Crippen molar-refractivity contribution in [2.75, 3.05) is 19.7 Å². The van der Waals surface area contributed by atoms with Gasteiger partial charge in [-0.2, -0.15) is 0 Å². The number of rotatable bonds is 2. The second kappa shape index (κ2) is 7.37. The quantitative estimate of drug-likeness (QED) is 0.831. The van der Waals surface area contributed by atoms with Gasteiger partial charge in [0.2, 0.25) is 5.91 Å². The highest BCUT2D eigenvalue weighted by Crippen LogP contribution is 2.32. The van der Waals surface area contributed by atoms with Crippen LogP contribution in [0.4, 0.5) is 0 Å². The molecule has 1 atom stereocenters. The fourth-order valence-electron chi connectivity index (χ4n) is 3.84. The Labute approximate surface area is 144 Å². The van der Waals surface area contributed by atoms with E-state index in [1.54, 1.807) is 0 Å². The molecule has 2 heterocycles. The highest BCUT2D eigenvalue weighted by Gasteiger charge is 2.30. The smallest absolute Gasteiger partial charge is 0.223 e. The summed E-state index contributed by atoms with van der Waals surface area (Å²) in [6.45, 7) is 6.14. The van der Waals surface area contributed by atoms with E-state index in [4.69, 9.17) is 4.74 Å². The van der Waals surface area contributed by atoms with Crippen molar-refractivity contribution in [2.24, 2.45) is 5.92 Å². The van der Waals surface area contributed by atoms with Gasteiger partial charge in [-0.15, -0.1) is 0 Å². The summed E-state index contributed by atoms with van der Waals surface area (Å²) in [5.74, 6) is 0.638. The molecule has 130 valence electrons. The Morgan fingerprint density at radius 3 is 2.58 bits per heavy atom. The summed E-state index contributed by atoms with van der Waals surface area (Å²) in [6.07, 6.45) is 5.49. The van der Waals surface area contributed by atoms with Gasteiger partial charge < -0.3 is 9.64 Å². The lowest BCUT2D eigenvalue weighted by Crippen LogP contribution is -2.34. The summed E-state index contributed by atoms with van der Waals surface area (Å²) in [7, 11) is 0. The first kappa shape index (κ1) is 17.0. The van der Waals surface area contributed by atoms with Crippen LogP contribution in [0.2, 0.25) is 0 Å². The molecule has 1 fully saturated rings. The van der Waals surface area contributed by atoms with E-state index in [0.29, 0.717) is 30.8 Å². The van der Waals surface area contributed by atoms with Gasteiger partial charge in [-0.3, -0.25) is 9.59 Å². The number of aryl methyl sites for hydroxylation is 2. The first-order chi connectivity index (χ1) is 11.6. The third kappa shape index (κ3) is 3.63. The van der Waals surface area contributed by atoms with Crippen LogP contribution < -0.4 is 4.74 Å². The monoisotopic (exact) mass is 329 g/mol. The number of hydrogen-bond acceptors (Lipinski definition) is 3. The molecule has 1 saturated heterocycles. The molecule has 0 N–H and O–H groups in total. The minimum absolute atomic E-state index is 0.0671. The van der Waals surface area contributed by atoms with Gasteiger partial charge in [0.05, 0.1) is 12.2 Å². The second-order valence-electron chi connectivity index (χ2n) is 7.16. The fourth-order valence-corrected chi connectivity index (χ4v) is 3.84. The standard InChI is InChI=1S/C20H27NO3/c1-14-11-15(2)20-17(12-14)19(23)16(7-10-24-20)13-18(22)21-8-5-3-4-6-9-21/h11-12,16H,3-10,13H2,1-2H3. The molecule has 0 bridgehead atoms. The Bertz CT molecular complexity index is 630. The third-order valence-electron chi connectivity index (χ3n) is 5.15. The highest BCUT2D eigenvalue weighted by molar-refractivity contribution is 6.02. The number of likely N-dealkylation sites (tertiary alicyclic amines) is 1. The van der Waals surface area contributed by atoms with E-state index >= 15 is 0 Å². The minimum Gasteiger partial charge on any atom is -0.493 e. The fraction of sp³-hybridized carbons (Fsp3) is 0.600. The zero-order valence-electron chi connectivity index (χ0n) is 14.8. The number of nitrogens with zero attached hydrogens (tertiary/aromatic N) is 1. The first-order valence-corrected chi connectivity index (χ1v) is 9.12. The Hall–Kier alpha value is -1.84. The van der Waals surface area contributed by atoms with Crippen LogP contribution in [-0.4, -0.2) is 36.3 Å².